The first-order chi connectivity index (χ1) is 13.7. The van der Waals surface area contributed by atoms with Crippen LogP contribution in [0.1, 0.15) is 27.9 Å². The fourth-order valence-electron chi connectivity index (χ4n) is 2.78. The minimum atomic E-state index is 0.00703. The molecule has 0 saturated carbocycles. The standard InChI is InChI=1S/C24H24O4/c1-18-9-14-22(23(17-18)26-2)28-16-6-15-27-21-12-10-20(11-13-21)24(25)19-7-4-3-5-8-19/h3-5,7-14,17H,6,15-16H2,1-2H3. The fourth-order valence-corrected chi connectivity index (χ4v) is 2.78. The predicted molar refractivity (Wildman–Crippen MR) is 110 cm³/mol. The molecule has 3 aromatic rings. The molecule has 0 bridgehead atoms. The number of ketones is 1. The van der Waals surface area contributed by atoms with E-state index < -0.39 is 0 Å². The van der Waals surface area contributed by atoms with Gasteiger partial charge in [-0.3, -0.25) is 4.79 Å². The molecule has 0 N–H and O–H groups in total. The third-order valence-corrected chi connectivity index (χ3v) is 4.29. The molecule has 0 atom stereocenters. The molecule has 0 radical (unpaired) electrons. The maximum Gasteiger partial charge on any atom is 0.193 e. The number of carbonyl (C=O) groups excluding carboxylic acids is 1. The normalized spacial score (nSPS) is 10.4. The van der Waals surface area contributed by atoms with Crippen LogP contribution in [0.25, 0.3) is 0 Å². The molecule has 4 heteroatoms. The first kappa shape index (κ1) is 19.5. The fraction of sp³-hybridized carbons (Fsp3) is 0.208. The minimum Gasteiger partial charge on any atom is -0.493 e. The second-order valence-electron chi connectivity index (χ2n) is 6.42. The van der Waals surface area contributed by atoms with Crippen LogP contribution in [0.15, 0.2) is 72.8 Å². The van der Waals surface area contributed by atoms with Crippen molar-refractivity contribution in [2.75, 3.05) is 20.3 Å². The molecule has 3 aromatic carbocycles. The van der Waals surface area contributed by atoms with Crippen LogP contribution >= 0.6 is 0 Å². The van der Waals surface area contributed by atoms with Gasteiger partial charge in [0, 0.05) is 17.5 Å². The second kappa shape index (κ2) is 9.60. The SMILES string of the molecule is COc1cc(C)ccc1OCCCOc1ccc(C(=O)c2ccccc2)cc1. The molecule has 3 rings (SSSR count). The lowest BCUT2D eigenvalue weighted by Crippen LogP contribution is -2.06. The second-order valence-corrected chi connectivity index (χ2v) is 6.42. The molecular weight excluding hydrogens is 352 g/mol. The number of methoxy groups -OCH3 is 1. The number of hydrogen-bond acceptors (Lipinski definition) is 4. The van der Waals surface area contributed by atoms with Crippen LogP contribution in [0.3, 0.4) is 0 Å². The van der Waals surface area contributed by atoms with Gasteiger partial charge < -0.3 is 14.2 Å². The molecular formula is C24H24O4. The summed E-state index contributed by atoms with van der Waals surface area (Å²) in [6, 6.07) is 22.3. The Morgan fingerprint density at radius 3 is 2.18 bits per heavy atom. The summed E-state index contributed by atoms with van der Waals surface area (Å²) < 4.78 is 16.8. The quantitative estimate of drug-likeness (QED) is 0.386. The van der Waals surface area contributed by atoms with Gasteiger partial charge in [-0.05, 0) is 48.9 Å². The first-order valence-corrected chi connectivity index (χ1v) is 9.27. The molecule has 0 fully saturated rings. The van der Waals surface area contributed by atoms with E-state index in [2.05, 4.69) is 0 Å². The van der Waals surface area contributed by atoms with Crippen LogP contribution in [0.2, 0.25) is 0 Å². The highest BCUT2D eigenvalue weighted by molar-refractivity contribution is 6.08. The lowest BCUT2D eigenvalue weighted by atomic mass is 10.0. The van der Waals surface area contributed by atoms with Crippen LogP contribution in [-0.2, 0) is 0 Å². The van der Waals surface area contributed by atoms with E-state index in [0.717, 1.165) is 29.2 Å². The third kappa shape index (κ3) is 5.13. The molecule has 0 amide bonds. The minimum absolute atomic E-state index is 0.00703. The Morgan fingerprint density at radius 1 is 0.786 bits per heavy atom. The smallest absolute Gasteiger partial charge is 0.193 e. The van der Waals surface area contributed by atoms with Gasteiger partial charge in [0.1, 0.15) is 5.75 Å². The predicted octanol–water partition coefficient (Wildman–Crippen LogP) is 5.08. The highest BCUT2D eigenvalue weighted by atomic mass is 16.5. The van der Waals surface area contributed by atoms with Crippen LogP contribution in [-0.4, -0.2) is 26.1 Å². The van der Waals surface area contributed by atoms with E-state index in [9.17, 15) is 4.79 Å². The van der Waals surface area contributed by atoms with Crippen LogP contribution in [0.5, 0.6) is 17.2 Å². The number of benzene rings is 3. The van der Waals surface area contributed by atoms with Crippen molar-refractivity contribution in [1.29, 1.82) is 0 Å². The maximum absolute atomic E-state index is 12.4. The van der Waals surface area contributed by atoms with E-state index in [-0.39, 0.29) is 5.78 Å². The average molecular weight is 376 g/mol. The molecule has 0 saturated heterocycles. The number of hydrogen-bond donors (Lipinski definition) is 0. The topological polar surface area (TPSA) is 44.8 Å². The van der Waals surface area contributed by atoms with Crippen molar-refractivity contribution in [3.05, 3.63) is 89.5 Å². The first-order valence-electron chi connectivity index (χ1n) is 9.27. The molecule has 0 heterocycles. The summed E-state index contributed by atoms with van der Waals surface area (Å²) in [5, 5.41) is 0. The summed E-state index contributed by atoms with van der Waals surface area (Å²) in [7, 11) is 1.64. The maximum atomic E-state index is 12.4. The number of ether oxygens (including phenoxy) is 3. The van der Waals surface area contributed by atoms with Crippen molar-refractivity contribution in [3.63, 3.8) is 0 Å². The highest BCUT2D eigenvalue weighted by Gasteiger charge is 2.08. The van der Waals surface area contributed by atoms with Crippen LogP contribution in [0.4, 0.5) is 0 Å². The average Bonchev–Trinajstić information content (AvgIpc) is 2.75. The van der Waals surface area contributed by atoms with Crippen molar-refractivity contribution in [2.24, 2.45) is 0 Å². The molecule has 4 nitrogen and oxygen atoms in total. The molecule has 0 aliphatic heterocycles. The monoisotopic (exact) mass is 376 g/mol. The van der Waals surface area contributed by atoms with Crippen molar-refractivity contribution >= 4 is 5.78 Å². The third-order valence-electron chi connectivity index (χ3n) is 4.29. The van der Waals surface area contributed by atoms with Crippen molar-refractivity contribution in [2.45, 2.75) is 13.3 Å². The zero-order valence-electron chi connectivity index (χ0n) is 16.2. The number of aryl methyl sites for hydroxylation is 1. The zero-order valence-corrected chi connectivity index (χ0v) is 16.2. The van der Waals surface area contributed by atoms with Gasteiger partial charge in [-0.1, -0.05) is 36.4 Å². The van der Waals surface area contributed by atoms with Gasteiger partial charge in [0.2, 0.25) is 0 Å². The Labute approximate surface area is 165 Å². The van der Waals surface area contributed by atoms with Gasteiger partial charge in [0.25, 0.3) is 0 Å². The van der Waals surface area contributed by atoms with Crippen LogP contribution < -0.4 is 14.2 Å². The van der Waals surface area contributed by atoms with E-state index >= 15 is 0 Å². The Bertz CT molecular complexity index is 902. The Morgan fingerprint density at radius 2 is 1.46 bits per heavy atom. The molecule has 28 heavy (non-hydrogen) atoms. The Hall–Kier alpha value is -3.27. The zero-order chi connectivity index (χ0) is 19.8. The van der Waals surface area contributed by atoms with Gasteiger partial charge in [0.15, 0.2) is 17.3 Å². The molecule has 0 aliphatic carbocycles. The molecule has 0 aliphatic rings. The summed E-state index contributed by atoms with van der Waals surface area (Å²) in [5.74, 6) is 2.21. The van der Waals surface area contributed by atoms with Crippen molar-refractivity contribution < 1.29 is 19.0 Å². The lowest BCUT2D eigenvalue weighted by Gasteiger charge is -2.12. The largest absolute Gasteiger partial charge is 0.493 e. The van der Waals surface area contributed by atoms with E-state index in [1.807, 2.05) is 67.6 Å². The molecule has 0 spiro atoms. The highest BCUT2D eigenvalue weighted by Crippen LogP contribution is 2.27. The lowest BCUT2D eigenvalue weighted by molar-refractivity contribution is 0.103. The van der Waals surface area contributed by atoms with Gasteiger partial charge >= 0.3 is 0 Å². The van der Waals surface area contributed by atoms with Crippen molar-refractivity contribution in [1.82, 2.24) is 0 Å². The summed E-state index contributed by atoms with van der Waals surface area (Å²) in [5.41, 5.74) is 2.45. The van der Waals surface area contributed by atoms with E-state index in [4.69, 9.17) is 14.2 Å². The summed E-state index contributed by atoms with van der Waals surface area (Å²) in [6.45, 7) is 3.07. The number of rotatable bonds is 9. The Balaban J connectivity index is 1.45. The number of carbonyl (C=O) groups is 1. The molecule has 144 valence electrons. The van der Waals surface area contributed by atoms with E-state index in [1.54, 1.807) is 19.2 Å². The van der Waals surface area contributed by atoms with E-state index in [1.165, 1.54) is 0 Å². The summed E-state index contributed by atoms with van der Waals surface area (Å²) >= 11 is 0. The van der Waals surface area contributed by atoms with Gasteiger partial charge in [-0.15, -0.1) is 0 Å². The van der Waals surface area contributed by atoms with Gasteiger partial charge in [0.05, 0.1) is 20.3 Å². The molecule has 0 unspecified atom stereocenters. The Kier molecular flexibility index (Phi) is 6.68. The van der Waals surface area contributed by atoms with Crippen molar-refractivity contribution in [3.8, 4) is 17.2 Å². The van der Waals surface area contributed by atoms with Gasteiger partial charge in [-0.25, -0.2) is 0 Å². The van der Waals surface area contributed by atoms with Crippen LogP contribution in [0, 0.1) is 6.92 Å². The summed E-state index contributed by atoms with van der Waals surface area (Å²) in [6.07, 6.45) is 0.738. The van der Waals surface area contributed by atoms with Gasteiger partial charge in [-0.2, -0.15) is 0 Å². The molecule has 0 aromatic heterocycles. The van der Waals surface area contributed by atoms with E-state index in [0.29, 0.717) is 24.3 Å². The summed E-state index contributed by atoms with van der Waals surface area (Å²) in [4.78, 5) is 12.4.